The maximum absolute atomic E-state index is 10.8. The summed E-state index contributed by atoms with van der Waals surface area (Å²) >= 11 is 0. The topological polar surface area (TPSA) is 59.1 Å². The van der Waals surface area contributed by atoms with Gasteiger partial charge in [0.15, 0.2) is 0 Å². The molecule has 1 atom stereocenters. The molecular weight excluding hydrogens is 148 g/mol. The fraction of sp³-hybridized carbons (Fsp3) is 0.571. The van der Waals surface area contributed by atoms with Gasteiger partial charge in [-0.05, 0) is 6.92 Å². The van der Waals surface area contributed by atoms with Crippen molar-refractivity contribution in [3.05, 3.63) is 12.2 Å². The average molecular weight is 158 g/mol. The van der Waals surface area contributed by atoms with Crippen LogP contribution in [0.2, 0.25) is 0 Å². The minimum atomic E-state index is -1.06. The number of epoxide rings is 1. The number of esters is 1. The van der Waals surface area contributed by atoms with Crippen LogP contribution in [0, 0.1) is 0 Å². The van der Waals surface area contributed by atoms with Crippen LogP contribution in [0.1, 0.15) is 6.92 Å². The van der Waals surface area contributed by atoms with Gasteiger partial charge in [-0.25, -0.2) is 4.79 Å². The number of aliphatic hydroxyl groups excluding tert-OH is 1. The molecule has 1 N–H and O–H groups in total. The zero-order chi connectivity index (χ0) is 8.48. The maximum atomic E-state index is 10.8. The largest absolute Gasteiger partial charge is 0.425 e. The van der Waals surface area contributed by atoms with Crippen LogP contribution in [0.15, 0.2) is 12.2 Å². The van der Waals surface area contributed by atoms with E-state index in [0.717, 1.165) is 0 Å². The highest BCUT2D eigenvalue weighted by molar-refractivity contribution is 5.87. The third-order valence-corrected chi connectivity index (χ3v) is 1.33. The summed E-state index contributed by atoms with van der Waals surface area (Å²) in [7, 11) is 0. The Hall–Kier alpha value is -0.870. The van der Waals surface area contributed by atoms with Gasteiger partial charge in [0.05, 0.1) is 0 Å². The molecule has 0 bridgehead atoms. The van der Waals surface area contributed by atoms with E-state index in [1.165, 1.54) is 6.92 Å². The standard InChI is InChI=1S/C7H10O4/c1-5(2)6(9)11-7(3-8)4-10-7/h8H,1,3-4H2,2H3/t7-/m0/s1. The molecule has 62 valence electrons. The lowest BCUT2D eigenvalue weighted by Gasteiger charge is -2.09. The second kappa shape index (κ2) is 2.64. The van der Waals surface area contributed by atoms with Crippen LogP contribution >= 0.6 is 0 Å². The van der Waals surface area contributed by atoms with Crippen molar-refractivity contribution < 1.29 is 19.4 Å². The summed E-state index contributed by atoms with van der Waals surface area (Å²) in [4.78, 5) is 10.8. The van der Waals surface area contributed by atoms with Crippen LogP contribution in [0.25, 0.3) is 0 Å². The molecule has 0 unspecified atom stereocenters. The smallest absolute Gasteiger partial charge is 0.335 e. The number of hydrogen-bond donors (Lipinski definition) is 1. The minimum Gasteiger partial charge on any atom is -0.425 e. The van der Waals surface area contributed by atoms with Crippen LogP contribution in [-0.2, 0) is 14.3 Å². The molecular formula is C7H10O4. The molecule has 1 fully saturated rings. The maximum Gasteiger partial charge on any atom is 0.335 e. The van der Waals surface area contributed by atoms with E-state index in [9.17, 15) is 4.79 Å². The zero-order valence-electron chi connectivity index (χ0n) is 6.29. The Balaban J connectivity index is 2.42. The lowest BCUT2D eigenvalue weighted by molar-refractivity contribution is -0.157. The first kappa shape index (κ1) is 8.23. The van der Waals surface area contributed by atoms with Gasteiger partial charge in [0.1, 0.15) is 13.2 Å². The van der Waals surface area contributed by atoms with Crippen molar-refractivity contribution in [1.82, 2.24) is 0 Å². The van der Waals surface area contributed by atoms with Crippen molar-refractivity contribution in [2.45, 2.75) is 12.7 Å². The summed E-state index contributed by atoms with van der Waals surface area (Å²) in [6, 6.07) is 0. The summed E-state index contributed by atoms with van der Waals surface area (Å²) in [6.07, 6.45) is 0. The van der Waals surface area contributed by atoms with Crippen molar-refractivity contribution in [2.24, 2.45) is 0 Å². The second-order valence-electron chi connectivity index (χ2n) is 2.53. The molecule has 4 heteroatoms. The van der Waals surface area contributed by atoms with Crippen molar-refractivity contribution in [3.63, 3.8) is 0 Å². The molecule has 1 heterocycles. The van der Waals surface area contributed by atoms with E-state index in [1.54, 1.807) is 0 Å². The molecule has 1 aliphatic rings. The van der Waals surface area contributed by atoms with Crippen molar-refractivity contribution >= 4 is 5.97 Å². The molecule has 1 aliphatic heterocycles. The van der Waals surface area contributed by atoms with Crippen molar-refractivity contribution in [3.8, 4) is 0 Å². The zero-order valence-corrected chi connectivity index (χ0v) is 6.29. The Morgan fingerprint density at radius 3 is 2.73 bits per heavy atom. The van der Waals surface area contributed by atoms with E-state index in [0.29, 0.717) is 5.57 Å². The monoisotopic (exact) mass is 158 g/mol. The second-order valence-corrected chi connectivity index (χ2v) is 2.53. The SMILES string of the molecule is C=C(C)C(=O)O[C@@]1(CO)CO1. The minimum absolute atomic E-state index is 0.266. The lowest BCUT2D eigenvalue weighted by Crippen LogP contribution is -2.25. The highest BCUT2D eigenvalue weighted by Gasteiger charge is 2.48. The van der Waals surface area contributed by atoms with Crippen molar-refractivity contribution in [2.75, 3.05) is 13.2 Å². The normalized spacial score (nSPS) is 27.8. The molecule has 0 aromatic heterocycles. The van der Waals surface area contributed by atoms with Gasteiger partial charge in [-0.15, -0.1) is 0 Å². The number of ether oxygens (including phenoxy) is 2. The summed E-state index contributed by atoms with van der Waals surface area (Å²) in [6.45, 7) is 4.89. The van der Waals surface area contributed by atoms with E-state index in [2.05, 4.69) is 6.58 Å². The first-order valence-electron chi connectivity index (χ1n) is 3.23. The number of rotatable bonds is 3. The highest BCUT2D eigenvalue weighted by atomic mass is 16.8. The van der Waals surface area contributed by atoms with E-state index in [1.807, 2.05) is 0 Å². The molecule has 0 amide bonds. The van der Waals surface area contributed by atoms with E-state index >= 15 is 0 Å². The predicted molar refractivity (Wildman–Crippen MR) is 36.7 cm³/mol. The number of carbonyl (C=O) groups is 1. The number of carbonyl (C=O) groups excluding carboxylic acids is 1. The Bertz CT molecular complexity index is 193. The van der Waals surface area contributed by atoms with Gasteiger partial charge >= 0.3 is 5.97 Å². The molecule has 0 aliphatic carbocycles. The number of aliphatic hydroxyl groups is 1. The van der Waals surface area contributed by atoms with Gasteiger partial charge in [0.2, 0.25) is 0 Å². The Labute approximate surface area is 64.4 Å². The van der Waals surface area contributed by atoms with Crippen LogP contribution in [-0.4, -0.2) is 30.1 Å². The molecule has 0 spiro atoms. The van der Waals surface area contributed by atoms with Gasteiger partial charge in [-0.2, -0.15) is 0 Å². The van der Waals surface area contributed by atoms with Gasteiger partial charge in [-0.3, -0.25) is 0 Å². The highest BCUT2D eigenvalue weighted by Crippen LogP contribution is 2.28. The summed E-state index contributed by atoms with van der Waals surface area (Å²) in [5, 5.41) is 8.66. The summed E-state index contributed by atoms with van der Waals surface area (Å²) < 4.78 is 9.48. The molecule has 0 aromatic carbocycles. The molecule has 0 saturated carbocycles. The molecule has 1 saturated heterocycles. The summed E-state index contributed by atoms with van der Waals surface area (Å²) in [5.74, 6) is -1.59. The van der Waals surface area contributed by atoms with E-state index in [-0.39, 0.29) is 13.2 Å². The molecule has 0 aromatic rings. The van der Waals surface area contributed by atoms with Gasteiger partial charge in [0.25, 0.3) is 5.79 Å². The predicted octanol–water partition coefficient (Wildman–Crippen LogP) is -0.175. The fourth-order valence-electron chi connectivity index (χ4n) is 0.519. The third kappa shape index (κ3) is 1.78. The van der Waals surface area contributed by atoms with Crippen molar-refractivity contribution in [1.29, 1.82) is 0 Å². The third-order valence-electron chi connectivity index (χ3n) is 1.33. The molecule has 0 radical (unpaired) electrons. The van der Waals surface area contributed by atoms with Crippen LogP contribution in [0.5, 0.6) is 0 Å². The van der Waals surface area contributed by atoms with E-state index in [4.69, 9.17) is 14.6 Å². The van der Waals surface area contributed by atoms with E-state index < -0.39 is 11.8 Å². The van der Waals surface area contributed by atoms with Crippen LogP contribution in [0.3, 0.4) is 0 Å². The quantitative estimate of drug-likeness (QED) is 0.352. The average Bonchev–Trinajstić information content (AvgIpc) is 2.69. The summed E-state index contributed by atoms with van der Waals surface area (Å²) in [5.41, 5.74) is 0.299. The first-order valence-corrected chi connectivity index (χ1v) is 3.23. The Morgan fingerprint density at radius 2 is 2.45 bits per heavy atom. The van der Waals surface area contributed by atoms with Crippen LogP contribution in [0.4, 0.5) is 0 Å². The fourth-order valence-corrected chi connectivity index (χ4v) is 0.519. The Kier molecular flexibility index (Phi) is 1.97. The Morgan fingerprint density at radius 1 is 1.91 bits per heavy atom. The van der Waals surface area contributed by atoms with Gasteiger partial charge in [-0.1, -0.05) is 6.58 Å². The van der Waals surface area contributed by atoms with Gasteiger partial charge < -0.3 is 14.6 Å². The molecule has 11 heavy (non-hydrogen) atoms. The molecule has 4 nitrogen and oxygen atoms in total. The molecule has 1 rings (SSSR count). The van der Waals surface area contributed by atoms with Gasteiger partial charge in [0, 0.05) is 5.57 Å². The first-order chi connectivity index (χ1) is 5.09. The number of hydrogen-bond acceptors (Lipinski definition) is 4. The lowest BCUT2D eigenvalue weighted by atomic mass is 10.3. The van der Waals surface area contributed by atoms with Crippen LogP contribution < -0.4 is 0 Å².